The van der Waals surface area contributed by atoms with Crippen LogP contribution >= 0.6 is 0 Å². The fourth-order valence-corrected chi connectivity index (χ4v) is 6.97. The van der Waals surface area contributed by atoms with Gasteiger partial charge in [-0.2, -0.15) is 5.10 Å². The summed E-state index contributed by atoms with van der Waals surface area (Å²) in [6, 6.07) is 5.84. The van der Waals surface area contributed by atoms with Gasteiger partial charge < -0.3 is 15.1 Å². The molecule has 0 saturated carbocycles. The summed E-state index contributed by atoms with van der Waals surface area (Å²) in [7, 11) is 0. The van der Waals surface area contributed by atoms with E-state index in [1.807, 2.05) is 30.0 Å². The molecule has 0 aliphatic carbocycles. The maximum atomic E-state index is 13.8. The monoisotopic (exact) mass is 548 g/mol. The predicted octanol–water partition coefficient (Wildman–Crippen LogP) is 4.00. The lowest BCUT2D eigenvalue weighted by molar-refractivity contribution is -0.141. The van der Waals surface area contributed by atoms with E-state index in [2.05, 4.69) is 41.1 Å². The molecular formula is C31H44N6O3. The van der Waals surface area contributed by atoms with E-state index >= 15 is 0 Å². The second-order valence-electron chi connectivity index (χ2n) is 12.6. The van der Waals surface area contributed by atoms with Crippen molar-refractivity contribution in [3.05, 3.63) is 41.9 Å². The van der Waals surface area contributed by atoms with Crippen molar-refractivity contribution in [2.45, 2.75) is 84.7 Å². The van der Waals surface area contributed by atoms with Crippen molar-refractivity contribution < 1.29 is 14.4 Å². The van der Waals surface area contributed by atoms with Crippen LogP contribution in [0.3, 0.4) is 0 Å². The van der Waals surface area contributed by atoms with Crippen LogP contribution in [0.25, 0.3) is 5.82 Å². The number of nitrogens with one attached hydrogen (secondary N) is 1. The zero-order valence-corrected chi connectivity index (χ0v) is 24.4. The number of rotatable bonds is 3. The number of carbonyl (C=O) groups excluding carboxylic acids is 3. The molecule has 40 heavy (non-hydrogen) atoms. The van der Waals surface area contributed by atoms with Crippen LogP contribution in [0.4, 0.5) is 0 Å². The number of hydrogen-bond acceptors (Lipinski definition) is 5. The topological polar surface area (TPSA) is 100 Å². The van der Waals surface area contributed by atoms with Crippen LogP contribution in [0.15, 0.2) is 30.6 Å². The van der Waals surface area contributed by atoms with Crippen LogP contribution in [-0.2, 0) is 9.59 Å². The molecule has 0 aromatic carbocycles. The van der Waals surface area contributed by atoms with Crippen molar-refractivity contribution in [1.29, 1.82) is 0 Å². The van der Waals surface area contributed by atoms with Crippen molar-refractivity contribution in [3.8, 4) is 5.82 Å². The molecule has 3 saturated heterocycles. The Morgan fingerprint density at radius 2 is 1.93 bits per heavy atom. The van der Waals surface area contributed by atoms with E-state index in [1.54, 1.807) is 17.1 Å². The fraction of sp³-hybridized carbons (Fsp3) is 0.645. The molecule has 9 heteroatoms. The third-order valence-corrected chi connectivity index (χ3v) is 9.23. The van der Waals surface area contributed by atoms with E-state index in [1.165, 1.54) is 0 Å². The molecule has 1 N–H and O–H groups in total. The van der Waals surface area contributed by atoms with E-state index in [9.17, 15) is 14.4 Å². The zero-order valence-electron chi connectivity index (χ0n) is 24.4. The van der Waals surface area contributed by atoms with Gasteiger partial charge in [0.1, 0.15) is 0 Å². The molecule has 5 heterocycles. The van der Waals surface area contributed by atoms with Crippen molar-refractivity contribution in [1.82, 2.24) is 29.9 Å². The summed E-state index contributed by atoms with van der Waals surface area (Å²) >= 11 is 0. The van der Waals surface area contributed by atoms with Crippen LogP contribution < -0.4 is 5.32 Å². The lowest BCUT2D eigenvalue weighted by Crippen LogP contribution is -2.60. The highest BCUT2D eigenvalue weighted by Crippen LogP contribution is 2.37. The number of likely N-dealkylation sites (tertiary alicyclic amines) is 1. The molecule has 2 aromatic heterocycles. The highest BCUT2D eigenvalue weighted by molar-refractivity contribution is 5.95. The minimum Gasteiger partial charge on any atom is -0.353 e. The molecule has 5 atom stereocenters. The molecule has 3 aliphatic heterocycles. The first-order chi connectivity index (χ1) is 19.2. The summed E-state index contributed by atoms with van der Waals surface area (Å²) in [6.45, 7) is 10.3. The average Bonchev–Trinajstić information content (AvgIpc) is 3.32. The van der Waals surface area contributed by atoms with Gasteiger partial charge in [-0.05, 0) is 74.8 Å². The van der Waals surface area contributed by atoms with Gasteiger partial charge in [0, 0.05) is 50.8 Å². The number of hydrogen-bond donors (Lipinski definition) is 1. The van der Waals surface area contributed by atoms with Gasteiger partial charge in [0.25, 0.3) is 5.91 Å². The molecule has 0 unspecified atom stereocenters. The molecule has 5 rings (SSSR count). The third kappa shape index (κ3) is 6.08. The first-order valence-corrected chi connectivity index (χ1v) is 15.0. The van der Waals surface area contributed by atoms with Crippen LogP contribution in [0.1, 0.15) is 81.8 Å². The Balaban J connectivity index is 1.33. The van der Waals surface area contributed by atoms with Crippen LogP contribution in [0, 0.1) is 30.6 Å². The second-order valence-corrected chi connectivity index (χ2v) is 12.6. The Kier molecular flexibility index (Phi) is 8.57. The molecule has 0 spiro atoms. The number of amides is 3. The first kappa shape index (κ1) is 28.3. The molecular weight excluding hydrogens is 504 g/mol. The van der Waals surface area contributed by atoms with E-state index in [0.717, 1.165) is 37.8 Å². The minimum absolute atomic E-state index is 0.00785. The number of pyridine rings is 1. The highest BCUT2D eigenvalue weighted by Gasteiger charge is 2.44. The van der Waals surface area contributed by atoms with Gasteiger partial charge in [0.15, 0.2) is 5.82 Å². The zero-order chi connectivity index (χ0) is 28.4. The maximum absolute atomic E-state index is 13.8. The standard InChI is InChI=1S/C31H44N6O3/c1-20(2)26-12-11-21(3)14-30(39)36-18-23-15-24(27(36)8-7-10-29(38)34-26)19-35(17-23)31(40)25-16-33-37(22(25)4)28-9-5-6-13-32-28/h5-6,9,13,16,20-21,23-24,26-27H,7-8,10-12,14-15,17-19H2,1-4H3,(H,34,38)/t21-,23+,24-,26+,27+/m1/s1. The fourth-order valence-electron chi connectivity index (χ4n) is 6.97. The Bertz CT molecular complexity index is 1210. The van der Waals surface area contributed by atoms with Gasteiger partial charge in [-0.25, -0.2) is 9.67 Å². The normalized spacial score (nSPS) is 28.3. The highest BCUT2D eigenvalue weighted by atomic mass is 16.2. The van der Waals surface area contributed by atoms with Gasteiger partial charge >= 0.3 is 0 Å². The Morgan fingerprint density at radius 1 is 1.10 bits per heavy atom. The summed E-state index contributed by atoms with van der Waals surface area (Å²) in [6.07, 6.45) is 8.76. The molecule has 216 valence electrons. The van der Waals surface area contributed by atoms with E-state index < -0.39 is 0 Å². The predicted molar refractivity (Wildman–Crippen MR) is 153 cm³/mol. The molecule has 2 bridgehead atoms. The Morgan fingerprint density at radius 3 is 2.67 bits per heavy atom. The second kappa shape index (κ2) is 12.1. The van der Waals surface area contributed by atoms with Gasteiger partial charge in [0.2, 0.25) is 11.8 Å². The molecule has 3 amide bonds. The first-order valence-electron chi connectivity index (χ1n) is 15.0. The van der Waals surface area contributed by atoms with Crippen LogP contribution in [0.2, 0.25) is 0 Å². The summed E-state index contributed by atoms with van der Waals surface area (Å²) in [4.78, 5) is 48.7. The summed E-state index contributed by atoms with van der Waals surface area (Å²) < 4.78 is 1.71. The SMILES string of the molecule is Cc1c(C(=O)N2C[C@@H]3C[C@H](C2)[C@@H]2CCCC(=O)N[C@H](C(C)C)CC[C@@H](C)CC(=O)N2C3)cnn1-c1ccccn1. The van der Waals surface area contributed by atoms with Crippen molar-refractivity contribution in [2.24, 2.45) is 23.7 Å². The minimum atomic E-state index is -0.00785. The molecule has 2 aromatic rings. The van der Waals surface area contributed by atoms with Gasteiger partial charge in [-0.15, -0.1) is 0 Å². The van der Waals surface area contributed by atoms with E-state index in [0.29, 0.717) is 49.8 Å². The number of aromatic nitrogens is 3. The van der Waals surface area contributed by atoms with Gasteiger partial charge in [-0.3, -0.25) is 14.4 Å². The van der Waals surface area contributed by atoms with E-state index in [4.69, 9.17) is 0 Å². The summed E-state index contributed by atoms with van der Waals surface area (Å²) in [5.41, 5.74) is 1.37. The van der Waals surface area contributed by atoms with E-state index in [-0.39, 0.29) is 47.6 Å². The lowest BCUT2D eigenvalue weighted by atomic mass is 9.77. The van der Waals surface area contributed by atoms with Crippen LogP contribution in [-0.4, -0.2) is 74.0 Å². The Hall–Kier alpha value is -3.23. The van der Waals surface area contributed by atoms with Crippen molar-refractivity contribution >= 4 is 17.7 Å². The number of nitrogens with zero attached hydrogens (tertiary/aromatic N) is 5. The quantitative estimate of drug-likeness (QED) is 0.625. The Labute approximate surface area is 237 Å². The van der Waals surface area contributed by atoms with Gasteiger partial charge in [-0.1, -0.05) is 26.8 Å². The maximum Gasteiger partial charge on any atom is 0.257 e. The smallest absolute Gasteiger partial charge is 0.257 e. The van der Waals surface area contributed by atoms with Crippen molar-refractivity contribution in [3.63, 3.8) is 0 Å². The van der Waals surface area contributed by atoms with Gasteiger partial charge in [0.05, 0.1) is 17.5 Å². The number of carbonyl (C=O) groups is 3. The van der Waals surface area contributed by atoms with Crippen molar-refractivity contribution in [2.75, 3.05) is 19.6 Å². The summed E-state index contributed by atoms with van der Waals surface area (Å²) in [5.74, 6) is 2.12. The molecule has 0 radical (unpaired) electrons. The lowest BCUT2D eigenvalue weighted by Gasteiger charge is -2.51. The summed E-state index contributed by atoms with van der Waals surface area (Å²) in [5, 5.41) is 7.72. The molecule has 3 fully saturated rings. The number of fused-ring (bicyclic) bond motifs is 4. The molecule has 9 nitrogen and oxygen atoms in total. The molecule has 3 aliphatic rings. The average molecular weight is 549 g/mol. The third-order valence-electron chi connectivity index (χ3n) is 9.23. The number of piperidine rings is 2. The largest absolute Gasteiger partial charge is 0.353 e. The van der Waals surface area contributed by atoms with Crippen LogP contribution in [0.5, 0.6) is 0 Å².